The zero-order valence-electron chi connectivity index (χ0n) is 9.41. The smallest absolute Gasteiger partial charge is 0.217 e. The summed E-state index contributed by atoms with van der Waals surface area (Å²) >= 11 is 0. The van der Waals surface area contributed by atoms with Crippen LogP contribution in [0.15, 0.2) is 24.3 Å². The second-order valence-electron chi connectivity index (χ2n) is 4.77. The number of rotatable bonds is 5. The summed E-state index contributed by atoms with van der Waals surface area (Å²) < 4.78 is 0. The quantitative estimate of drug-likeness (QED) is 0.778. The van der Waals surface area contributed by atoms with Crippen molar-refractivity contribution in [3.63, 3.8) is 0 Å². The van der Waals surface area contributed by atoms with Gasteiger partial charge >= 0.3 is 0 Å². The minimum atomic E-state index is -0.247. The lowest BCUT2D eigenvalue weighted by Gasteiger charge is -2.12. The van der Waals surface area contributed by atoms with Crippen molar-refractivity contribution in [2.45, 2.75) is 37.6 Å². The first-order chi connectivity index (χ1) is 7.59. The number of amides is 1. The number of hydrogen-bond donors (Lipinski definition) is 2. The second-order valence-corrected chi connectivity index (χ2v) is 4.77. The molecule has 0 aliphatic heterocycles. The summed E-state index contributed by atoms with van der Waals surface area (Å²) in [4.78, 5) is 10.8. The van der Waals surface area contributed by atoms with E-state index in [4.69, 9.17) is 11.5 Å². The molecule has 0 spiro atoms. The summed E-state index contributed by atoms with van der Waals surface area (Å²) in [6.07, 6.45) is 4.27. The topological polar surface area (TPSA) is 69.1 Å². The van der Waals surface area contributed by atoms with Gasteiger partial charge in [0.25, 0.3) is 0 Å². The number of aryl methyl sites for hydroxylation is 1. The molecule has 1 aromatic rings. The average molecular weight is 218 g/mol. The molecular weight excluding hydrogens is 200 g/mol. The molecule has 4 N–H and O–H groups in total. The largest absolute Gasteiger partial charge is 0.370 e. The van der Waals surface area contributed by atoms with Crippen LogP contribution in [0.2, 0.25) is 0 Å². The van der Waals surface area contributed by atoms with Gasteiger partial charge in [0.1, 0.15) is 0 Å². The molecule has 0 saturated heterocycles. The summed E-state index contributed by atoms with van der Waals surface area (Å²) in [7, 11) is 0. The van der Waals surface area contributed by atoms with Crippen molar-refractivity contribution in [2.75, 3.05) is 0 Å². The lowest BCUT2D eigenvalue weighted by Crippen LogP contribution is -2.25. The standard InChI is InChI=1S/C13H18N2O/c14-12(16)6-5-10-3-1-2-4-11(10)9-13(15)7-8-13/h1-4H,5-9,15H2,(H2,14,16). The zero-order chi connectivity index (χ0) is 11.6. The molecule has 0 bridgehead atoms. The molecular formula is C13H18N2O. The highest BCUT2D eigenvalue weighted by atomic mass is 16.1. The Hall–Kier alpha value is -1.35. The Morgan fingerprint density at radius 3 is 2.44 bits per heavy atom. The fourth-order valence-corrected chi connectivity index (χ4v) is 1.95. The molecule has 1 saturated carbocycles. The predicted molar refractivity (Wildman–Crippen MR) is 63.8 cm³/mol. The van der Waals surface area contributed by atoms with Crippen LogP contribution >= 0.6 is 0 Å². The van der Waals surface area contributed by atoms with E-state index in [1.54, 1.807) is 0 Å². The summed E-state index contributed by atoms with van der Waals surface area (Å²) in [5, 5.41) is 0. The van der Waals surface area contributed by atoms with E-state index < -0.39 is 0 Å². The molecule has 1 fully saturated rings. The van der Waals surface area contributed by atoms with Gasteiger partial charge in [0, 0.05) is 12.0 Å². The summed E-state index contributed by atoms with van der Waals surface area (Å²) in [5.74, 6) is -0.247. The Morgan fingerprint density at radius 2 is 1.88 bits per heavy atom. The van der Waals surface area contributed by atoms with Crippen LogP contribution in [0.1, 0.15) is 30.4 Å². The first-order valence-corrected chi connectivity index (χ1v) is 5.73. The molecule has 1 amide bonds. The van der Waals surface area contributed by atoms with E-state index in [9.17, 15) is 4.79 Å². The SMILES string of the molecule is NC(=O)CCc1ccccc1CC1(N)CC1. The number of nitrogens with two attached hydrogens (primary N) is 2. The highest BCUT2D eigenvalue weighted by molar-refractivity contribution is 5.74. The Morgan fingerprint density at radius 1 is 1.25 bits per heavy atom. The van der Waals surface area contributed by atoms with Crippen LogP contribution in [-0.2, 0) is 17.6 Å². The van der Waals surface area contributed by atoms with Gasteiger partial charge in [-0.1, -0.05) is 24.3 Å². The molecule has 0 aromatic heterocycles. The number of benzene rings is 1. The second kappa shape index (κ2) is 4.26. The van der Waals surface area contributed by atoms with Crippen molar-refractivity contribution in [1.82, 2.24) is 0 Å². The fraction of sp³-hybridized carbons (Fsp3) is 0.462. The summed E-state index contributed by atoms with van der Waals surface area (Å²) in [6, 6.07) is 8.18. The zero-order valence-corrected chi connectivity index (χ0v) is 9.41. The van der Waals surface area contributed by atoms with E-state index in [1.807, 2.05) is 12.1 Å². The number of hydrogen-bond acceptors (Lipinski definition) is 2. The van der Waals surface area contributed by atoms with Gasteiger partial charge in [0.15, 0.2) is 0 Å². The van der Waals surface area contributed by atoms with Gasteiger partial charge in [-0.25, -0.2) is 0 Å². The number of primary amides is 1. The molecule has 0 radical (unpaired) electrons. The summed E-state index contributed by atoms with van der Waals surface area (Å²) in [6.45, 7) is 0. The molecule has 3 nitrogen and oxygen atoms in total. The van der Waals surface area contributed by atoms with E-state index in [2.05, 4.69) is 12.1 Å². The highest BCUT2D eigenvalue weighted by Crippen LogP contribution is 2.36. The molecule has 0 heterocycles. The van der Waals surface area contributed by atoms with Crippen molar-refractivity contribution in [2.24, 2.45) is 11.5 Å². The Bertz CT molecular complexity index is 397. The van der Waals surface area contributed by atoms with E-state index >= 15 is 0 Å². The lowest BCUT2D eigenvalue weighted by molar-refractivity contribution is -0.117. The van der Waals surface area contributed by atoms with Crippen molar-refractivity contribution in [3.05, 3.63) is 35.4 Å². The molecule has 0 unspecified atom stereocenters. The number of carbonyl (C=O) groups is 1. The van der Waals surface area contributed by atoms with Gasteiger partial charge in [-0.05, 0) is 36.8 Å². The first kappa shape index (κ1) is 11.1. The van der Waals surface area contributed by atoms with Crippen LogP contribution in [0.3, 0.4) is 0 Å². The van der Waals surface area contributed by atoms with Gasteiger partial charge < -0.3 is 11.5 Å². The van der Waals surface area contributed by atoms with Crippen LogP contribution in [0.25, 0.3) is 0 Å². The number of carbonyl (C=O) groups excluding carboxylic acids is 1. The van der Waals surface area contributed by atoms with E-state index in [0.717, 1.165) is 25.7 Å². The van der Waals surface area contributed by atoms with E-state index in [1.165, 1.54) is 11.1 Å². The molecule has 1 aliphatic rings. The van der Waals surface area contributed by atoms with Crippen LogP contribution in [-0.4, -0.2) is 11.4 Å². The van der Waals surface area contributed by atoms with Crippen molar-refractivity contribution in [1.29, 1.82) is 0 Å². The molecule has 16 heavy (non-hydrogen) atoms. The fourth-order valence-electron chi connectivity index (χ4n) is 1.95. The predicted octanol–water partition coefficient (Wildman–Crippen LogP) is 1.14. The lowest BCUT2D eigenvalue weighted by atomic mass is 9.96. The minimum absolute atomic E-state index is 0.0167. The molecule has 1 aromatic carbocycles. The minimum Gasteiger partial charge on any atom is -0.370 e. The van der Waals surface area contributed by atoms with Crippen LogP contribution in [0.5, 0.6) is 0 Å². The third-order valence-electron chi connectivity index (χ3n) is 3.19. The van der Waals surface area contributed by atoms with Crippen molar-refractivity contribution in [3.8, 4) is 0 Å². The summed E-state index contributed by atoms with van der Waals surface area (Å²) in [5.41, 5.74) is 13.8. The molecule has 1 aliphatic carbocycles. The molecule has 3 heteroatoms. The molecule has 0 atom stereocenters. The van der Waals surface area contributed by atoms with Gasteiger partial charge in [-0.15, -0.1) is 0 Å². The Balaban J connectivity index is 2.07. The highest BCUT2D eigenvalue weighted by Gasteiger charge is 2.38. The van der Waals surface area contributed by atoms with Gasteiger partial charge in [-0.2, -0.15) is 0 Å². The molecule has 86 valence electrons. The monoisotopic (exact) mass is 218 g/mol. The first-order valence-electron chi connectivity index (χ1n) is 5.73. The third-order valence-corrected chi connectivity index (χ3v) is 3.19. The van der Waals surface area contributed by atoms with Crippen LogP contribution in [0.4, 0.5) is 0 Å². The maximum Gasteiger partial charge on any atom is 0.217 e. The van der Waals surface area contributed by atoms with E-state index in [-0.39, 0.29) is 11.4 Å². The van der Waals surface area contributed by atoms with Crippen molar-refractivity contribution < 1.29 is 4.79 Å². The average Bonchev–Trinajstić information content (AvgIpc) is 2.95. The van der Waals surface area contributed by atoms with Crippen molar-refractivity contribution >= 4 is 5.91 Å². The Kier molecular flexibility index (Phi) is 2.97. The van der Waals surface area contributed by atoms with Crippen LogP contribution in [0, 0.1) is 0 Å². The van der Waals surface area contributed by atoms with Crippen LogP contribution < -0.4 is 11.5 Å². The third kappa shape index (κ3) is 2.83. The normalized spacial score (nSPS) is 17.1. The van der Waals surface area contributed by atoms with Gasteiger partial charge in [0.2, 0.25) is 5.91 Å². The maximum absolute atomic E-state index is 10.8. The maximum atomic E-state index is 10.8. The van der Waals surface area contributed by atoms with Gasteiger partial charge in [-0.3, -0.25) is 4.79 Å². The Labute approximate surface area is 95.8 Å². The van der Waals surface area contributed by atoms with Gasteiger partial charge in [0.05, 0.1) is 0 Å². The molecule has 2 rings (SSSR count). The van der Waals surface area contributed by atoms with E-state index in [0.29, 0.717) is 6.42 Å².